The fourth-order valence-electron chi connectivity index (χ4n) is 4.44. The van der Waals surface area contributed by atoms with Crippen molar-refractivity contribution in [2.75, 3.05) is 6.54 Å². The van der Waals surface area contributed by atoms with Crippen LogP contribution < -0.4 is 5.56 Å². The normalized spacial score (nSPS) is 15.5. The van der Waals surface area contributed by atoms with E-state index in [0.717, 1.165) is 41.5 Å². The summed E-state index contributed by atoms with van der Waals surface area (Å²) < 4.78 is 4.43. The summed E-state index contributed by atoms with van der Waals surface area (Å²) in [4.78, 5) is 15.1. The van der Waals surface area contributed by atoms with E-state index in [4.69, 9.17) is 0 Å². The molecule has 0 N–H and O–H groups in total. The number of hydrogen-bond acceptors (Lipinski definition) is 5. The molecule has 1 aliphatic rings. The Bertz CT molecular complexity index is 1250. The van der Waals surface area contributed by atoms with Gasteiger partial charge < -0.3 is 0 Å². The van der Waals surface area contributed by atoms with Gasteiger partial charge in [-0.05, 0) is 55.7 Å². The molecule has 3 heterocycles. The monoisotopic (exact) mass is 421 g/mol. The summed E-state index contributed by atoms with van der Waals surface area (Å²) in [6, 6.07) is 11.4. The molecule has 0 amide bonds. The van der Waals surface area contributed by atoms with Crippen molar-refractivity contribution in [3.05, 3.63) is 63.0 Å². The lowest BCUT2D eigenvalue weighted by Gasteiger charge is -2.30. The number of thiophene rings is 1. The van der Waals surface area contributed by atoms with E-state index in [-0.39, 0.29) is 5.56 Å². The van der Waals surface area contributed by atoms with Crippen molar-refractivity contribution >= 4 is 27.3 Å². The molecule has 3 aromatic heterocycles. The summed E-state index contributed by atoms with van der Waals surface area (Å²) >= 11 is 1.48. The first kappa shape index (κ1) is 19.5. The second kappa shape index (κ2) is 7.63. The SMILES string of the molecule is CCN(Cc1nnc2n(C)c(=O)c3sccc3n12)[C@H](Cc1ccc(C)cc1)C1CC1. The summed E-state index contributed by atoms with van der Waals surface area (Å²) in [5.74, 6) is 2.26. The van der Waals surface area contributed by atoms with Crippen LogP contribution in [0.3, 0.4) is 0 Å². The van der Waals surface area contributed by atoms with Crippen LogP contribution in [-0.2, 0) is 20.0 Å². The third-order valence-corrected chi connectivity index (χ3v) is 7.24. The van der Waals surface area contributed by atoms with E-state index >= 15 is 0 Å². The van der Waals surface area contributed by atoms with E-state index in [1.807, 2.05) is 11.4 Å². The van der Waals surface area contributed by atoms with Gasteiger partial charge >= 0.3 is 0 Å². The third-order valence-electron chi connectivity index (χ3n) is 6.35. The van der Waals surface area contributed by atoms with Gasteiger partial charge in [-0.25, -0.2) is 0 Å². The van der Waals surface area contributed by atoms with Crippen LogP contribution in [0, 0.1) is 12.8 Å². The number of rotatable bonds is 7. The quantitative estimate of drug-likeness (QED) is 0.456. The number of aromatic nitrogens is 4. The minimum Gasteiger partial charge on any atom is -0.293 e. The molecule has 7 heteroatoms. The van der Waals surface area contributed by atoms with Crippen molar-refractivity contribution in [1.29, 1.82) is 0 Å². The predicted octanol–water partition coefficient (Wildman–Crippen LogP) is 3.79. The average Bonchev–Trinajstić information content (AvgIpc) is 3.32. The Hall–Kier alpha value is -2.51. The van der Waals surface area contributed by atoms with Crippen molar-refractivity contribution in [2.45, 2.75) is 45.7 Å². The molecule has 0 bridgehead atoms. The second-order valence-electron chi connectivity index (χ2n) is 8.41. The second-order valence-corrected chi connectivity index (χ2v) is 9.32. The Morgan fingerprint density at radius 3 is 2.67 bits per heavy atom. The minimum absolute atomic E-state index is 0.00553. The molecule has 0 aliphatic heterocycles. The maximum absolute atomic E-state index is 12.6. The lowest BCUT2D eigenvalue weighted by atomic mass is 9.99. The summed E-state index contributed by atoms with van der Waals surface area (Å²) in [6.45, 7) is 6.05. The highest BCUT2D eigenvalue weighted by Crippen LogP contribution is 2.37. The van der Waals surface area contributed by atoms with Gasteiger partial charge in [-0.2, -0.15) is 0 Å². The fraction of sp³-hybridized carbons (Fsp3) is 0.435. The Morgan fingerprint density at radius 1 is 1.20 bits per heavy atom. The van der Waals surface area contributed by atoms with Gasteiger partial charge in [0, 0.05) is 13.1 Å². The van der Waals surface area contributed by atoms with E-state index in [1.54, 1.807) is 11.6 Å². The van der Waals surface area contributed by atoms with Gasteiger partial charge in [-0.3, -0.25) is 18.7 Å². The number of fused-ring (bicyclic) bond motifs is 3. The zero-order valence-corrected chi connectivity index (χ0v) is 18.5. The molecular formula is C23H27N5OS. The van der Waals surface area contributed by atoms with Crippen molar-refractivity contribution in [1.82, 2.24) is 24.1 Å². The summed E-state index contributed by atoms with van der Waals surface area (Å²) in [7, 11) is 1.78. The molecule has 1 saturated carbocycles. The standard InChI is InChI=1S/C23H27N5OS/c1-4-27(19(17-9-10-17)13-16-7-5-15(2)6-8-16)14-20-24-25-23-26(3)22(29)21-18(28(20)23)11-12-30-21/h5-8,11-12,17,19H,4,9-10,13-14H2,1-3H3/t19-/m1/s1. The molecule has 0 saturated heterocycles. The van der Waals surface area contributed by atoms with Gasteiger partial charge in [0.15, 0.2) is 5.82 Å². The van der Waals surface area contributed by atoms with Gasteiger partial charge in [-0.15, -0.1) is 21.5 Å². The van der Waals surface area contributed by atoms with Crippen LogP contribution in [0.2, 0.25) is 0 Å². The van der Waals surface area contributed by atoms with Crippen LogP contribution in [0.4, 0.5) is 0 Å². The zero-order valence-electron chi connectivity index (χ0n) is 17.7. The van der Waals surface area contributed by atoms with Crippen molar-refractivity contribution in [3.63, 3.8) is 0 Å². The Kier molecular flexibility index (Phi) is 4.95. The Morgan fingerprint density at radius 2 is 1.97 bits per heavy atom. The molecule has 0 unspecified atom stereocenters. The highest BCUT2D eigenvalue weighted by molar-refractivity contribution is 7.17. The highest BCUT2D eigenvalue weighted by Gasteiger charge is 2.35. The van der Waals surface area contributed by atoms with Gasteiger partial charge in [0.2, 0.25) is 5.78 Å². The van der Waals surface area contributed by atoms with Crippen LogP contribution >= 0.6 is 11.3 Å². The van der Waals surface area contributed by atoms with E-state index in [2.05, 4.69) is 57.6 Å². The van der Waals surface area contributed by atoms with Crippen LogP contribution in [0.5, 0.6) is 0 Å². The molecule has 30 heavy (non-hydrogen) atoms. The van der Waals surface area contributed by atoms with Gasteiger partial charge in [0.05, 0.1) is 12.1 Å². The first-order valence-corrected chi connectivity index (χ1v) is 11.5. The zero-order chi connectivity index (χ0) is 20.8. The molecule has 6 nitrogen and oxygen atoms in total. The maximum Gasteiger partial charge on any atom is 0.272 e. The smallest absolute Gasteiger partial charge is 0.272 e. The lowest BCUT2D eigenvalue weighted by molar-refractivity contribution is 0.170. The van der Waals surface area contributed by atoms with Gasteiger partial charge in [0.1, 0.15) is 4.70 Å². The Labute approximate surface area is 179 Å². The summed E-state index contributed by atoms with van der Waals surface area (Å²) in [5, 5.41) is 10.8. The Balaban J connectivity index is 1.50. The van der Waals surface area contributed by atoms with E-state index in [0.29, 0.717) is 11.8 Å². The van der Waals surface area contributed by atoms with Crippen molar-refractivity contribution < 1.29 is 0 Å². The molecule has 4 aromatic rings. The highest BCUT2D eigenvalue weighted by atomic mass is 32.1. The molecule has 5 rings (SSSR count). The van der Waals surface area contributed by atoms with Crippen molar-refractivity contribution in [3.8, 4) is 0 Å². The molecular weight excluding hydrogens is 394 g/mol. The molecule has 1 aliphatic carbocycles. The number of aryl methyl sites for hydroxylation is 2. The maximum atomic E-state index is 12.6. The minimum atomic E-state index is -0.00553. The third kappa shape index (κ3) is 3.36. The van der Waals surface area contributed by atoms with Crippen LogP contribution in [-0.4, -0.2) is 36.7 Å². The van der Waals surface area contributed by atoms with Crippen molar-refractivity contribution in [2.24, 2.45) is 13.0 Å². The number of benzene rings is 1. The topological polar surface area (TPSA) is 55.4 Å². The van der Waals surface area contributed by atoms with Gasteiger partial charge in [0.25, 0.3) is 5.56 Å². The largest absolute Gasteiger partial charge is 0.293 e. The summed E-state index contributed by atoms with van der Waals surface area (Å²) in [6.07, 6.45) is 3.66. The number of nitrogens with zero attached hydrogens (tertiary/aromatic N) is 5. The first-order valence-electron chi connectivity index (χ1n) is 10.7. The van der Waals surface area contributed by atoms with Crippen LogP contribution in [0.15, 0.2) is 40.5 Å². The molecule has 156 valence electrons. The van der Waals surface area contributed by atoms with E-state index in [1.165, 1.54) is 35.3 Å². The molecule has 1 aromatic carbocycles. The lowest BCUT2D eigenvalue weighted by Crippen LogP contribution is -2.38. The van der Waals surface area contributed by atoms with Gasteiger partial charge in [-0.1, -0.05) is 36.8 Å². The molecule has 0 radical (unpaired) electrons. The average molecular weight is 422 g/mol. The molecule has 0 spiro atoms. The summed E-state index contributed by atoms with van der Waals surface area (Å²) in [5.41, 5.74) is 3.60. The predicted molar refractivity (Wildman–Crippen MR) is 121 cm³/mol. The molecule has 1 fully saturated rings. The van der Waals surface area contributed by atoms with E-state index in [9.17, 15) is 4.79 Å². The first-order chi connectivity index (χ1) is 14.6. The fourth-order valence-corrected chi connectivity index (χ4v) is 5.29. The van der Waals surface area contributed by atoms with E-state index < -0.39 is 0 Å². The number of hydrogen-bond donors (Lipinski definition) is 0. The number of likely N-dealkylation sites (N-methyl/N-ethyl adjacent to an activating group) is 1. The van der Waals surface area contributed by atoms with Crippen LogP contribution in [0.1, 0.15) is 36.7 Å². The van der Waals surface area contributed by atoms with Crippen LogP contribution in [0.25, 0.3) is 16.0 Å². The molecule has 1 atom stereocenters.